The maximum absolute atomic E-state index is 12.8. The Kier molecular flexibility index (Phi) is 6.60. The van der Waals surface area contributed by atoms with E-state index < -0.39 is 0 Å². The normalized spacial score (nSPS) is 11.2. The summed E-state index contributed by atoms with van der Waals surface area (Å²) in [6.07, 6.45) is 1.70. The average Bonchev–Trinajstić information content (AvgIpc) is 3.43. The second-order valence-electron chi connectivity index (χ2n) is 9.30. The van der Waals surface area contributed by atoms with E-state index in [0.29, 0.717) is 5.56 Å². The molecule has 0 saturated carbocycles. The zero-order valence-corrected chi connectivity index (χ0v) is 21.6. The fraction of sp³-hybridized carbons (Fsp3) is 0.125. The molecule has 2 heterocycles. The third kappa shape index (κ3) is 4.89. The zero-order chi connectivity index (χ0) is 25.9. The SMILES string of the molecule is Cc1ccc(-n2c(C)cc(/C=N\NC(=O)c3ccc(-n4c(C)ccc4-c4ccccc4)cc3)c2C)cc1. The van der Waals surface area contributed by atoms with Crippen LogP contribution in [0.4, 0.5) is 0 Å². The monoisotopic (exact) mass is 486 g/mol. The van der Waals surface area contributed by atoms with Crippen LogP contribution in [0.15, 0.2) is 102 Å². The number of nitrogens with zero attached hydrogens (tertiary/aromatic N) is 3. The molecule has 37 heavy (non-hydrogen) atoms. The van der Waals surface area contributed by atoms with Gasteiger partial charge in [0, 0.05) is 39.6 Å². The first-order valence-electron chi connectivity index (χ1n) is 12.4. The van der Waals surface area contributed by atoms with Crippen molar-refractivity contribution in [3.63, 3.8) is 0 Å². The Labute approximate surface area is 217 Å². The lowest BCUT2D eigenvalue weighted by molar-refractivity contribution is 0.0955. The lowest BCUT2D eigenvalue weighted by Gasteiger charge is -2.12. The number of nitrogens with one attached hydrogen (secondary N) is 1. The van der Waals surface area contributed by atoms with Crippen molar-refractivity contribution in [3.05, 3.63) is 131 Å². The van der Waals surface area contributed by atoms with Gasteiger partial charge in [-0.25, -0.2) is 5.43 Å². The van der Waals surface area contributed by atoms with Crippen LogP contribution >= 0.6 is 0 Å². The molecule has 0 radical (unpaired) electrons. The molecule has 184 valence electrons. The quantitative estimate of drug-likeness (QED) is 0.205. The molecule has 1 amide bonds. The minimum atomic E-state index is -0.248. The predicted octanol–water partition coefficient (Wildman–Crippen LogP) is 6.93. The van der Waals surface area contributed by atoms with Crippen molar-refractivity contribution in [3.8, 4) is 22.6 Å². The van der Waals surface area contributed by atoms with Crippen molar-refractivity contribution in [1.29, 1.82) is 0 Å². The lowest BCUT2D eigenvalue weighted by Crippen LogP contribution is -2.17. The summed E-state index contributed by atoms with van der Waals surface area (Å²) in [5, 5.41) is 4.24. The largest absolute Gasteiger partial charge is 0.318 e. The van der Waals surface area contributed by atoms with Crippen LogP contribution in [0.5, 0.6) is 0 Å². The van der Waals surface area contributed by atoms with Crippen LogP contribution in [0.1, 0.15) is 38.6 Å². The molecule has 3 aromatic carbocycles. The van der Waals surface area contributed by atoms with Gasteiger partial charge in [-0.1, -0.05) is 48.0 Å². The average molecular weight is 487 g/mol. The van der Waals surface area contributed by atoms with E-state index in [1.54, 1.807) is 6.21 Å². The molecule has 0 atom stereocenters. The van der Waals surface area contributed by atoms with Crippen molar-refractivity contribution in [2.75, 3.05) is 0 Å². The van der Waals surface area contributed by atoms with Crippen LogP contribution in [-0.2, 0) is 0 Å². The Morgan fingerprint density at radius 3 is 2.08 bits per heavy atom. The molecule has 5 rings (SSSR count). The summed E-state index contributed by atoms with van der Waals surface area (Å²) >= 11 is 0. The van der Waals surface area contributed by atoms with E-state index in [1.807, 2.05) is 42.5 Å². The molecular formula is C32H30N4O. The number of benzene rings is 3. The summed E-state index contributed by atoms with van der Waals surface area (Å²) in [7, 11) is 0. The van der Waals surface area contributed by atoms with Crippen molar-refractivity contribution in [2.45, 2.75) is 27.7 Å². The number of hydrogen-bond donors (Lipinski definition) is 1. The maximum Gasteiger partial charge on any atom is 0.271 e. The fourth-order valence-electron chi connectivity index (χ4n) is 4.71. The Morgan fingerprint density at radius 2 is 1.38 bits per heavy atom. The van der Waals surface area contributed by atoms with Gasteiger partial charge in [0.2, 0.25) is 0 Å². The van der Waals surface area contributed by atoms with Crippen LogP contribution in [0.25, 0.3) is 22.6 Å². The zero-order valence-electron chi connectivity index (χ0n) is 21.6. The number of hydrazone groups is 1. The van der Waals surface area contributed by atoms with Crippen molar-refractivity contribution in [2.24, 2.45) is 5.10 Å². The Bertz CT molecular complexity index is 1570. The number of amides is 1. The fourth-order valence-corrected chi connectivity index (χ4v) is 4.71. The molecule has 1 N–H and O–H groups in total. The van der Waals surface area contributed by atoms with Gasteiger partial charge in [0.15, 0.2) is 0 Å². The number of hydrogen-bond acceptors (Lipinski definition) is 2. The van der Waals surface area contributed by atoms with E-state index in [-0.39, 0.29) is 5.91 Å². The second kappa shape index (κ2) is 10.2. The highest BCUT2D eigenvalue weighted by atomic mass is 16.2. The van der Waals surface area contributed by atoms with Gasteiger partial charge in [-0.2, -0.15) is 5.10 Å². The molecule has 5 heteroatoms. The van der Waals surface area contributed by atoms with Gasteiger partial charge in [-0.05, 0) is 87.9 Å². The van der Waals surface area contributed by atoms with Gasteiger partial charge < -0.3 is 9.13 Å². The minimum absolute atomic E-state index is 0.248. The first-order chi connectivity index (χ1) is 17.9. The lowest BCUT2D eigenvalue weighted by atomic mass is 10.1. The van der Waals surface area contributed by atoms with E-state index in [0.717, 1.165) is 45.3 Å². The summed E-state index contributed by atoms with van der Waals surface area (Å²) < 4.78 is 4.38. The van der Waals surface area contributed by atoms with Gasteiger partial charge in [-0.3, -0.25) is 4.79 Å². The number of carbonyl (C=O) groups is 1. The molecule has 0 aliphatic carbocycles. The number of rotatable bonds is 6. The predicted molar refractivity (Wildman–Crippen MR) is 151 cm³/mol. The smallest absolute Gasteiger partial charge is 0.271 e. The minimum Gasteiger partial charge on any atom is -0.318 e. The van der Waals surface area contributed by atoms with Gasteiger partial charge in [0.1, 0.15) is 0 Å². The number of aromatic nitrogens is 2. The molecule has 0 bridgehead atoms. The van der Waals surface area contributed by atoms with E-state index >= 15 is 0 Å². The third-order valence-electron chi connectivity index (χ3n) is 6.67. The summed E-state index contributed by atoms with van der Waals surface area (Å²) in [6, 6.07) is 32.6. The molecular weight excluding hydrogens is 456 g/mol. The number of aryl methyl sites for hydroxylation is 3. The molecule has 5 nitrogen and oxygen atoms in total. The topological polar surface area (TPSA) is 51.3 Å². The summed E-state index contributed by atoms with van der Waals surface area (Å²) in [4.78, 5) is 12.8. The van der Waals surface area contributed by atoms with Gasteiger partial charge in [0.05, 0.1) is 11.9 Å². The standard InChI is InChI=1S/C32H30N4O/c1-22-10-15-29(16-11-22)35-24(3)20-28(25(35)4)21-33-34-32(37)27-13-17-30(18-14-27)36-23(2)12-19-31(36)26-8-6-5-7-9-26/h5-21H,1-4H3,(H,34,37)/b33-21-. The Hall–Kier alpha value is -4.64. The summed E-state index contributed by atoms with van der Waals surface area (Å²) in [5.74, 6) is -0.248. The molecule has 0 aliphatic rings. The number of carbonyl (C=O) groups excluding carboxylic acids is 1. The van der Waals surface area contributed by atoms with Crippen LogP contribution in [-0.4, -0.2) is 21.3 Å². The highest BCUT2D eigenvalue weighted by molar-refractivity contribution is 5.95. The van der Waals surface area contributed by atoms with Crippen LogP contribution in [0.3, 0.4) is 0 Å². The van der Waals surface area contributed by atoms with Crippen molar-refractivity contribution < 1.29 is 4.79 Å². The highest BCUT2D eigenvalue weighted by Gasteiger charge is 2.12. The molecule has 0 spiro atoms. The van der Waals surface area contributed by atoms with E-state index in [9.17, 15) is 4.79 Å². The molecule has 5 aromatic rings. The second-order valence-corrected chi connectivity index (χ2v) is 9.30. The van der Waals surface area contributed by atoms with Gasteiger partial charge in [-0.15, -0.1) is 0 Å². The van der Waals surface area contributed by atoms with Crippen molar-refractivity contribution >= 4 is 12.1 Å². The molecule has 0 aliphatic heterocycles. The highest BCUT2D eigenvalue weighted by Crippen LogP contribution is 2.26. The van der Waals surface area contributed by atoms with Gasteiger partial charge >= 0.3 is 0 Å². The summed E-state index contributed by atoms with van der Waals surface area (Å²) in [5.41, 5.74) is 13.1. The maximum atomic E-state index is 12.8. The Balaban J connectivity index is 1.31. The van der Waals surface area contributed by atoms with E-state index in [1.165, 1.54) is 5.56 Å². The first-order valence-corrected chi connectivity index (χ1v) is 12.4. The van der Waals surface area contributed by atoms with Gasteiger partial charge in [0.25, 0.3) is 5.91 Å². The molecule has 2 aromatic heterocycles. The molecule has 0 fully saturated rings. The van der Waals surface area contributed by atoms with Crippen LogP contribution in [0.2, 0.25) is 0 Å². The Morgan fingerprint density at radius 1 is 0.730 bits per heavy atom. The van der Waals surface area contributed by atoms with E-state index in [4.69, 9.17) is 0 Å². The van der Waals surface area contributed by atoms with Crippen LogP contribution in [0, 0.1) is 27.7 Å². The van der Waals surface area contributed by atoms with Crippen molar-refractivity contribution in [1.82, 2.24) is 14.6 Å². The third-order valence-corrected chi connectivity index (χ3v) is 6.67. The first kappa shape index (κ1) is 24.1. The van der Waals surface area contributed by atoms with E-state index in [2.05, 4.69) is 102 Å². The molecule has 0 saturated heterocycles. The van der Waals surface area contributed by atoms with Crippen LogP contribution < -0.4 is 5.43 Å². The molecule has 0 unspecified atom stereocenters. The summed E-state index contributed by atoms with van der Waals surface area (Å²) in [6.45, 7) is 8.29.